The highest BCUT2D eigenvalue weighted by atomic mass is 32.2. The molecule has 0 aromatic heterocycles. The van der Waals surface area contributed by atoms with Crippen LogP contribution < -0.4 is 9.47 Å². The topological polar surface area (TPSA) is 67.8 Å². The highest BCUT2D eigenvalue weighted by Crippen LogP contribution is 2.41. The van der Waals surface area contributed by atoms with Crippen molar-refractivity contribution in [1.82, 2.24) is 0 Å². The van der Waals surface area contributed by atoms with Gasteiger partial charge in [-0.1, -0.05) is 65.7 Å². The average Bonchev–Trinajstić information content (AvgIpc) is 2.77. The summed E-state index contributed by atoms with van der Waals surface area (Å²) in [5.74, 6) is 1.36. The van der Waals surface area contributed by atoms with Gasteiger partial charge in [0.15, 0.2) is 0 Å². The maximum atomic E-state index is 11.1. The molecule has 0 bridgehead atoms. The van der Waals surface area contributed by atoms with Crippen LogP contribution in [-0.2, 0) is 21.4 Å². The zero-order valence-electron chi connectivity index (χ0n) is 16.4. The molecule has 29 heavy (non-hydrogen) atoms. The van der Waals surface area contributed by atoms with E-state index in [1.54, 1.807) is 14.2 Å². The van der Waals surface area contributed by atoms with Crippen molar-refractivity contribution in [1.29, 1.82) is 0 Å². The molecular weight excluding hydrogens is 388 g/mol. The third-order valence-corrected chi connectivity index (χ3v) is 5.24. The lowest BCUT2D eigenvalue weighted by Crippen LogP contribution is -2.34. The quantitative estimate of drug-likeness (QED) is 0.395. The molecule has 0 saturated carbocycles. The van der Waals surface area contributed by atoms with Gasteiger partial charge in [-0.05, 0) is 41.0 Å². The highest BCUT2D eigenvalue weighted by molar-refractivity contribution is 7.79. The van der Waals surface area contributed by atoms with Crippen LogP contribution in [0.3, 0.4) is 0 Å². The Morgan fingerprint density at radius 3 is 1.62 bits per heavy atom. The number of ether oxygens (including phenoxy) is 3. The molecule has 0 amide bonds. The van der Waals surface area contributed by atoms with Crippen molar-refractivity contribution in [2.45, 2.75) is 5.60 Å². The van der Waals surface area contributed by atoms with Crippen LogP contribution in [0.4, 0.5) is 0 Å². The van der Waals surface area contributed by atoms with Crippen LogP contribution in [0.2, 0.25) is 0 Å². The Balaban J connectivity index is 2.19. The van der Waals surface area contributed by atoms with Gasteiger partial charge in [0, 0.05) is 5.75 Å². The van der Waals surface area contributed by atoms with Gasteiger partial charge in [0.1, 0.15) is 17.1 Å². The molecule has 0 saturated heterocycles. The molecule has 3 aromatic rings. The van der Waals surface area contributed by atoms with Gasteiger partial charge in [-0.15, -0.1) is 0 Å². The molecule has 0 fully saturated rings. The molecule has 3 rings (SSSR count). The fraction of sp³-hybridized carbons (Fsp3) is 0.217. The number of methoxy groups -OCH3 is 2. The van der Waals surface area contributed by atoms with Crippen molar-refractivity contribution >= 4 is 11.1 Å². The lowest BCUT2D eigenvalue weighted by atomic mass is 9.80. The SMILES string of the molecule is COc1ccc(C(OCCS(=O)[O-])(c2ccccc2)c2ccc(OC)cc2)cc1. The van der Waals surface area contributed by atoms with Gasteiger partial charge in [0.25, 0.3) is 0 Å². The van der Waals surface area contributed by atoms with Gasteiger partial charge in [-0.3, -0.25) is 4.21 Å². The molecular formula is C23H23O5S-. The van der Waals surface area contributed by atoms with Gasteiger partial charge in [0.05, 0.1) is 20.8 Å². The fourth-order valence-electron chi connectivity index (χ4n) is 3.34. The number of hydrogen-bond donors (Lipinski definition) is 0. The second-order valence-corrected chi connectivity index (χ2v) is 7.38. The first-order valence-corrected chi connectivity index (χ1v) is 10.4. The van der Waals surface area contributed by atoms with Crippen LogP contribution in [0.5, 0.6) is 11.5 Å². The van der Waals surface area contributed by atoms with Crippen LogP contribution >= 0.6 is 0 Å². The normalized spacial score (nSPS) is 12.4. The van der Waals surface area contributed by atoms with Crippen molar-refractivity contribution in [2.24, 2.45) is 0 Å². The third-order valence-electron chi connectivity index (χ3n) is 4.74. The largest absolute Gasteiger partial charge is 0.772 e. The summed E-state index contributed by atoms with van der Waals surface area (Å²) in [5, 5.41) is 0. The Morgan fingerprint density at radius 2 is 1.21 bits per heavy atom. The minimum atomic E-state index is -2.19. The second kappa shape index (κ2) is 9.69. The van der Waals surface area contributed by atoms with Crippen LogP contribution in [0, 0.1) is 0 Å². The maximum absolute atomic E-state index is 11.1. The Hall–Kier alpha value is -2.67. The summed E-state index contributed by atoms with van der Waals surface area (Å²) in [6.45, 7) is 0.0447. The standard InChI is InChI=1S/C23H24O5S/c1-26-21-12-8-19(9-13-21)23(28-16-17-29(24)25,18-6-4-3-5-7-18)20-10-14-22(27-2)15-11-20/h3-15H,16-17H2,1-2H3,(H,24,25)/p-1. The summed E-state index contributed by atoms with van der Waals surface area (Å²) in [7, 11) is 3.23. The number of rotatable bonds is 9. The predicted octanol–water partition coefficient (Wildman–Crippen LogP) is 3.89. The van der Waals surface area contributed by atoms with Gasteiger partial charge in [0.2, 0.25) is 0 Å². The lowest BCUT2D eigenvalue weighted by Gasteiger charge is -2.36. The summed E-state index contributed by atoms with van der Waals surface area (Å²) in [5.41, 5.74) is 1.64. The van der Waals surface area contributed by atoms with Crippen molar-refractivity contribution in [3.63, 3.8) is 0 Å². The monoisotopic (exact) mass is 411 g/mol. The van der Waals surface area contributed by atoms with Gasteiger partial charge >= 0.3 is 0 Å². The molecule has 152 valence electrons. The third kappa shape index (κ3) is 4.67. The van der Waals surface area contributed by atoms with Crippen LogP contribution in [0.15, 0.2) is 78.9 Å². The van der Waals surface area contributed by atoms with E-state index in [-0.39, 0.29) is 12.4 Å². The van der Waals surface area contributed by atoms with E-state index in [2.05, 4.69) is 0 Å². The molecule has 0 aliphatic rings. The van der Waals surface area contributed by atoms with Gasteiger partial charge in [-0.2, -0.15) is 0 Å². The van der Waals surface area contributed by atoms with Crippen LogP contribution in [0.25, 0.3) is 0 Å². The highest BCUT2D eigenvalue weighted by Gasteiger charge is 2.37. The van der Waals surface area contributed by atoms with Gasteiger partial charge in [-0.25, -0.2) is 0 Å². The fourth-order valence-corrected chi connectivity index (χ4v) is 3.56. The van der Waals surface area contributed by atoms with E-state index in [9.17, 15) is 8.76 Å². The first-order chi connectivity index (χ1) is 14.1. The summed E-state index contributed by atoms with van der Waals surface area (Å²) in [6, 6.07) is 25.0. The van der Waals surface area contributed by atoms with E-state index >= 15 is 0 Å². The van der Waals surface area contributed by atoms with Crippen LogP contribution in [0.1, 0.15) is 16.7 Å². The Labute approximate surface area is 173 Å². The van der Waals surface area contributed by atoms with Crippen molar-refractivity contribution in [3.8, 4) is 11.5 Å². The van der Waals surface area contributed by atoms with Crippen molar-refractivity contribution < 1.29 is 23.0 Å². The second-order valence-electron chi connectivity index (χ2n) is 6.36. The lowest BCUT2D eigenvalue weighted by molar-refractivity contribution is 0.0226. The minimum absolute atomic E-state index is 0.0447. The van der Waals surface area contributed by atoms with E-state index < -0.39 is 16.7 Å². The molecule has 1 atom stereocenters. The van der Waals surface area contributed by atoms with E-state index in [4.69, 9.17) is 14.2 Å². The molecule has 0 radical (unpaired) electrons. The maximum Gasteiger partial charge on any atom is 0.143 e. The van der Waals surface area contributed by atoms with E-state index in [1.165, 1.54) is 0 Å². The zero-order chi connectivity index (χ0) is 20.7. The van der Waals surface area contributed by atoms with E-state index in [1.807, 2.05) is 78.9 Å². The molecule has 3 aromatic carbocycles. The Morgan fingerprint density at radius 1 is 0.759 bits per heavy atom. The zero-order valence-corrected chi connectivity index (χ0v) is 17.2. The summed E-state index contributed by atoms with van der Waals surface area (Å²) < 4.78 is 39.3. The molecule has 5 nitrogen and oxygen atoms in total. The number of benzene rings is 3. The van der Waals surface area contributed by atoms with E-state index in [0.717, 1.165) is 28.2 Å². The first kappa shape index (κ1) is 21.0. The first-order valence-electron chi connectivity index (χ1n) is 9.14. The van der Waals surface area contributed by atoms with Crippen LogP contribution in [-0.4, -0.2) is 35.3 Å². The van der Waals surface area contributed by atoms with Crippen molar-refractivity contribution in [3.05, 3.63) is 95.6 Å². The molecule has 0 aliphatic carbocycles. The molecule has 0 N–H and O–H groups in total. The average molecular weight is 411 g/mol. The molecule has 0 spiro atoms. The Bertz CT molecular complexity index is 876. The summed E-state index contributed by atoms with van der Waals surface area (Å²) >= 11 is -2.19. The van der Waals surface area contributed by atoms with E-state index in [0.29, 0.717) is 0 Å². The minimum Gasteiger partial charge on any atom is -0.772 e. The van der Waals surface area contributed by atoms with Crippen molar-refractivity contribution in [2.75, 3.05) is 26.6 Å². The molecule has 0 heterocycles. The number of hydrogen-bond acceptors (Lipinski definition) is 5. The molecule has 6 heteroatoms. The Kier molecular flexibility index (Phi) is 7.04. The predicted molar refractivity (Wildman–Crippen MR) is 112 cm³/mol. The smallest absolute Gasteiger partial charge is 0.143 e. The summed E-state index contributed by atoms with van der Waals surface area (Å²) in [4.78, 5) is 0. The molecule has 0 aliphatic heterocycles. The summed E-state index contributed by atoms with van der Waals surface area (Å²) in [6.07, 6.45) is 0. The van der Waals surface area contributed by atoms with Gasteiger partial charge < -0.3 is 18.8 Å². The molecule has 1 unspecified atom stereocenters.